The zero-order valence-electron chi connectivity index (χ0n) is 15.2. The molecule has 0 saturated carbocycles. The minimum absolute atomic E-state index is 0.301. The van der Waals surface area contributed by atoms with Gasteiger partial charge in [0.2, 0.25) is 11.9 Å². The first kappa shape index (κ1) is 18.6. The first-order valence-corrected chi connectivity index (χ1v) is 10.0. The Hall–Kier alpha value is -1.21. The van der Waals surface area contributed by atoms with E-state index in [1.54, 1.807) is 12.4 Å². The Morgan fingerprint density at radius 1 is 1.16 bits per heavy atom. The zero-order valence-corrected chi connectivity index (χ0v) is 16.8. The van der Waals surface area contributed by atoms with Crippen molar-refractivity contribution >= 4 is 27.8 Å². The number of piperidine rings is 2. The van der Waals surface area contributed by atoms with E-state index in [1.165, 1.54) is 0 Å². The third-order valence-electron chi connectivity index (χ3n) is 5.52. The fourth-order valence-corrected chi connectivity index (χ4v) is 3.87. The lowest BCUT2D eigenvalue weighted by atomic mass is 9.99. The van der Waals surface area contributed by atoms with E-state index in [9.17, 15) is 4.79 Å². The van der Waals surface area contributed by atoms with Crippen LogP contribution in [0.25, 0.3) is 0 Å². The molecule has 2 saturated heterocycles. The normalized spacial score (nSPS) is 20.7. The quantitative estimate of drug-likeness (QED) is 0.763. The molecule has 138 valence electrons. The van der Waals surface area contributed by atoms with Crippen LogP contribution in [0.1, 0.15) is 32.6 Å². The number of hydrogen-bond acceptors (Lipinski definition) is 5. The maximum absolute atomic E-state index is 12.5. The predicted octanol–water partition coefficient (Wildman–Crippen LogP) is 2.40. The van der Waals surface area contributed by atoms with Crippen molar-refractivity contribution in [3.8, 4) is 0 Å². The van der Waals surface area contributed by atoms with Crippen LogP contribution in [-0.2, 0) is 4.79 Å². The molecule has 3 heterocycles. The van der Waals surface area contributed by atoms with Gasteiger partial charge in [0.25, 0.3) is 0 Å². The highest BCUT2D eigenvalue weighted by Crippen LogP contribution is 2.21. The Kier molecular flexibility index (Phi) is 6.28. The van der Waals surface area contributed by atoms with Crippen molar-refractivity contribution in [3.63, 3.8) is 0 Å². The van der Waals surface area contributed by atoms with E-state index in [0.29, 0.717) is 18.5 Å². The molecule has 0 atom stereocenters. The number of carbonyl (C=O) groups excluding carboxylic acids is 1. The summed E-state index contributed by atoms with van der Waals surface area (Å²) in [6, 6.07) is 0.434. The first-order chi connectivity index (χ1) is 12.0. The molecule has 2 fully saturated rings. The second kappa shape index (κ2) is 8.45. The summed E-state index contributed by atoms with van der Waals surface area (Å²) in [4.78, 5) is 27.8. The SMILES string of the molecule is CC1CCN(C(=O)CN2CCC(N(C)c3ncc(Br)cn3)CC2)CC1. The van der Waals surface area contributed by atoms with E-state index in [1.807, 2.05) is 4.90 Å². The van der Waals surface area contributed by atoms with Gasteiger partial charge in [-0.1, -0.05) is 6.92 Å². The standard InChI is InChI=1S/C18H28BrN5O/c1-14-3-9-24(10-4-14)17(25)13-23-7-5-16(6-8-23)22(2)18-20-11-15(19)12-21-18/h11-12,14,16H,3-10,13H2,1-2H3. The number of nitrogens with zero attached hydrogens (tertiary/aromatic N) is 5. The van der Waals surface area contributed by atoms with Crippen molar-refractivity contribution in [2.24, 2.45) is 5.92 Å². The number of carbonyl (C=O) groups is 1. The van der Waals surface area contributed by atoms with E-state index in [0.717, 1.165) is 68.2 Å². The average Bonchev–Trinajstić information content (AvgIpc) is 2.63. The third kappa shape index (κ3) is 4.91. The maximum atomic E-state index is 12.5. The van der Waals surface area contributed by atoms with Crippen LogP contribution >= 0.6 is 15.9 Å². The largest absolute Gasteiger partial charge is 0.342 e. The van der Waals surface area contributed by atoms with Gasteiger partial charge < -0.3 is 9.80 Å². The molecule has 0 unspecified atom stereocenters. The Morgan fingerprint density at radius 2 is 1.76 bits per heavy atom. The van der Waals surface area contributed by atoms with Crippen LogP contribution in [0.2, 0.25) is 0 Å². The Balaban J connectivity index is 1.45. The molecular weight excluding hydrogens is 382 g/mol. The molecule has 2 aliphatic rings. The second-order valence-corrected chi connectivity index (χ2v) is 8.30. The summed E-state index contributed by atoms with van der Waals surface area (Å²) in [6.45, 7) is 6.63. The van der Waals surface area contributed by atoms with Gasteiger partial charge in [0.05, 0.1) is 11.0 Å². The first-order valence-electron chi connectivity index (χ1n) is 9.23. The summed E-state index contributed by atoms with van der Waals surface area (Å²) in [5.41, 5.74) is 0. The monoisotopic (exact) mass is 409 g/mol. The van der Waals surface area contributed by atoms with Crippen LogP contribution in [0.5, 0.6) is 0 Å². The number of hydrogen-bond donors (Lipinski definition) is 0. The smallest absolute Gasteiger partial charge is 0.236 e. The van der Waals surface area contributed by atoms with Crippen molar-refractivity contribution in [3.05, 3.63) is 16.9 Å². The van der Waals surface area contributed by atoms with Crippen LogP contribution < -0.4 is 4.90 Å². The van der Waals surface area contributed by atoms with Crippen LogP contribution in [0.15, 0.2) is 16.9 Å². The Labute approximate surface area is 158 Å². The van der Waals surface area contributed by atoms with E-state index >= 15 is 0 Å². The molecule has 0 N–H and O–H groups in total. The number of amides is 1. The van der Waals surface area contributed by atoms with Crippen molar-refractivity contribution in [1.82, 2.24) is 19.8 Å². The highest BCUT2D eigenvalue weighted by molar-refractivity contribution is 9.10. The number of rotatable bonds is 4. The van der Waals surface area contributed by atoms with Crippen molar-refractivity contribution in [1.29, 1.82) is 0 Å². The lowest BCUT2D eigenvalue weighted by Gasteiger charge is -2.38. The van der Waals surface area contributed by atoms with Crippen LogP contribution in [-0.4, -0.2) is 71.5 Å². The van der Waals surface area contributed by atoms with Gasteiger partial charge >= 0.3 is 0 Å². The molecule has 2 aliphatic heterocycles. The molecule has 0 aliphatic carbocycles. The van der Waals surface area contributed by atoms with Gasteiger partial charge in [0, 0.05) is 51.7 Å². The molecule has 7 heteroatoms. The molecule has 1 amide bonds. The summed E-state index contributed by atoms with van der Waals surface area (Å²) >= 11 is 3.37. The minimum atomic E-state index is 0.301. The number of likely N-dealkylation sites (tertiary alicyclic amines) is 2. The molecular formula is C18H28BrN5O. The Bertz CT molecular complexity index is 565. The second-order valence-electron chi connectivity index (χ2n) is 7.38. The number of halogens is 1. The van der Waals surface area contributed by atoms with Gasteiger partial charge in [-0.2, -0.15) is 0 Å². The zero-order chi connectivity index (χ0) is 17.8. The predicted molar refractivity (Wildman–Crippen MR) is 103 cm³/mol. The van der Waals surface area contributed by atoms with Crippen molar-refractivity contribution < 1.29 is 4.79 Å². The van der Waals surface area contributed by atoms with Crippen LogP contribution in [0.4, 0.5) is 5.95 Å². The molecule has 6 nitrogen and oxygen atoms in total. The minimum Gasteiger partial charge on any atom is -0.342 e. The van der Waals surface area contributed by atoms with Gasteiger partial charge in [0.15, 0.2) is 0 Å². The summed E-state index contributed by atoms with van der Waals surface area (Å²) in [5.74, 6) is 1.83. The lowest BCUT2D eigenvalue weighted by Crippen LogP contribution is -2.48. The lowest BCUT2D eigenvalue weighted by molar-refractivity contribution is -0.134. The van der Waals surface area contributed by atoms with Gasteiger partial charge in [-0.05, 0) is 47.5 Å². The summed E-state index contributed by atoms with van der Waals surface area (Å²) < 4.78 is 0.894. The number of aromatic nitrogens is 2. The number of anilines is 1. The molecule has 25 heavy (non-hydrogen) atoms. The Morgan fingerprint density at radius 3 is 2.36 bits per heavy atom. The molecule has 1 aromatic heterocycles. The van der Waals surface area contributed by atoms with E-state index in [2.05, 4.69) is 49.7 Å². The summed E-state index contributed by atoms with van der Waals surface area (Å²) in [6.07, 6.45) is 7.94. The molecule has 0 bridgehead atoms. The highest BCUT2D eigenvalue weighted by atomic mass is 79.9. The van der Waals surface area contributed by atoms with Crippen molar-refractivity contribution in [2.45, 2.75) is 38.6 Å². The summed E-state index contributed by atoms with van der Waals surface area (Å²) in [7, 11) is 2.06. The van der Waals surface area contributed by atoms with Gasteiger partial charge in [-0.25, -0.2) is 9.97 Å². The summed E-state index contributed by atoms with van der Waals surface area (Å²) in [5, 5.41) is 0. The van der Waals surface area contributed by atoms with Gasteiger partial charge in [-0.3, -0.25) is 9.69 Å². The average molecular weight is 410 g/mol. The van der Waals surface area contributed by atoms with E-state index in [-0.39, 0.29) is 0 Å². The maximum Gasteiger partial charge on any atom is 0.236 e. The van der Waals surface area contributed by atoms with Gasteiger partial charge in [-0.15, -0.1) is 0 Å². The molecule has 3 rings (SSSR count). The van der Waals surface area contributed by atoms with E-state index < -0.39 is 0 Å². The van der Waals surface area contributed by atoms with Crippen LogP contribution in [0, 0.1) is 5.92 Å². The van der Waals surface area contributed by atoms with Crippen LogP contribution in [0.3, 0.4) is 0 Å². The fraction of sp³-hybridized carbons (Fsp3) is 0.722. The fourth-order valence-electron chi connectivity index (χ4n) is 3.66. The molecule has 1 aromatic rings. The molecule has 0 radical (unpaired) electrons. The molecule has 0 spiro atoms. The topological polar surface area (TPSA) is 52.6 Å². The third-order valence-corrected chi connectivity index (χ3v) is 5.93. The van der Waals surface area contributed by atoms with Crippen molar-refractivity contribution in [2.75, 3.05) is 44.7 Å². The molecule has 0 aromatic carbocycles. The van der Waals surface area contributed by atoms with E-state index in [4.69, 9.17) is 0 Å². The highest BCUT2D eigenvalue weighted by Gasteiger charge is 2.27. The van der Waals surface area contributed by atoms with Gasteiger partial charge in [0.1, 0.15) is 0 Å².